The molecule has 1 amide bonds. The molecule has 116 valence electrons. The van der Waals surface area contributed by atoms with E-state index in [0.717, 1.165) is 5.56 Å². The van der Waals surface area contributed by atoms with E-state index in [4.69, 9.17) is 11.6 Å². The van der Waals surface area contributed by atoms with Gasteiger partial charge in [-0.05, 0) is 55.8 Å². The van der Waals surface area contributed by atoms with Crippen molar-refractivity contribution in [1.29, 1.82) is 0 Å². The summed E-state index contributed by atoms with van der Waals surface area (Å²) in [6.07, 6.45) is 0. The molecule has 0 aliphatic heterocycles. The Morgan fingerprint density at radius 3 is 2.45 bits per heavy atom. The molecule has 2 rings (SSSR count). The van der Waals surface area contributed by atoms with Crippen molar-refractivity contribution in [3.05, 3.63) is 64.9 Å². The highest BCUT2D eigenvalue weighted by atomic mass is 35.5. The fraction of sp³-hybridized carbons (Fsp3) is 0.235. The molecule has 2 aromatic rings. The monoisotopic (exact) mass is 320 g/mol. The minimum Gasteiger partial charge on any atom is -0.325 e. The lowest BCUT2D eigenvalue weighted by Gasteiger charge is -2.20. The van der Waals surface area contributed by atoms with Crippen molar-refractivity contribution in [3.8, 4) is 0 Å². The van der Waals surface area contributed by atoms with Gasteiger partial charge in [-0.25, -0.2) is 4.39 Å². The summed E-state index contributed by atoms with van der Waals surface area (Å²) in [7, 11) is 0. The number of hydrogen-bond donors (Lipinski definition) is 2. The molecule has 0 aromatic heterocycles. The molecule has 0 saturated carbocycles. The van der Waals surface area contributed by atoms with Crippen molar-refractivity contribution in [3.63, 3.8) is 0 Å². The molecule has 0 unspecified atom stereocenters. The predicted molar refractivity (Wildman–Crippen MR) is 87.5 cm³/mol. The maximum Gasteiger partial charge on any atom is 0.241 e. The Bertz CT molecular complexity index is 645. The molecule has 2 N–H and O–H groups in total. The van der Waals surface area contributed by atoms with Gasteiger partial charge in [-0.3, -0.25) is 10.1 Å². The molecular weight excluding hydrogens is 303 g/mol. The minimum atomic E-state index is -0.404. The van der Waals surface area contributed by atoms with Crippen LogP contribution < -0.4 is 10.6 Å². The van der Waals surface area contributed by atoms with Gasteiger partial charge in [0.15, 0.2) is 0 Å². The van der Waals surface area contributed by atoms with E-state index < -0.39 is 6.04 Å². The first-order valence-electron chi connectivity index (χ1n) is 7.03. The predicted octanol–water partition coefficient (Wildman–Crippen LogP) is 4.16. The van der Waals surface area contributed by atoms with E-state index in [9.17, 15) is 9.18 Å². The Morgan fingerprint density at radius 2 is 1.82 bits per heavy atom. The molecule has 0 fully saturated rings. The van der Waals surface area contributed by atoms with Gasteiger partial charge < -0.3 is 5.32 Å². The number of carbonyl (C=O) groups is 1. The minimum absolute atomic E-state index is 0.0207. The first kappa shape index (κ1) is 16.5. The van der Waals surface area contributed by atoms with Crippen molar-refractivity contribution in [2.45, 2.75) is 25.9 Å². The average molecular weight is 321 g/mol. The van der Waals surface area contributed by atoms with Crippen LogP contribution in [0.4, 0.5) is 10.1 Å². The second kappa shape index (κ2) is 7.38. The van der Waals surface area contributed by atoms with E-state index in [1.807, 2.05) is 31.2 Å². The lowest BCUT2D eigenvalue weighted by Crippen LogP contribution is -2.39. The van der Waals surface area contributed by atoms with Crippen LogP contribution in [-0.4, -0.2) is 11.9 Å². The maximum absolute atomic E-state index is 12.8. The molecule has 0 spiro atoms. The van der Waals surface area contributed by atoms with Crippen LogP contribution >= 0.6 is 11.6 Å². The summed E-state index contributed by atoms with van der Waals surface area (Å²) >= 11 is 5.97. The molecule has 22 heavy (non-hydrogen) atoms. The zero-order chi connectivity index (χ0) is 16.1. The maximum atomic E-state index is 12.8. The summed E-state index contributed by atoms with van der Waals surface area (Å²) in [4.78, 5) is 12.1. The van der Waals surface area contributed by atoms with E-state index in [2.05, 4.69) is 10.6 Å². The van der Waals surface area contributed by atoms with Gasteiger partial charge in [-0.2, -0.15) is 0 Å². The second-order valence-electron chi connectivity index (χ2n) is 5.16. The van der Waals surface area contributed by atoms with Crippen LogP contribution in [0.1, 0.15) is 25.5 Å². The molecule has 0 radical (unpaired) electrons. The largest absolute Gasteiger partial charge is 0.325 e. The van der Waals surface area contributed by atoms with Crippen LogP contribution in [0.2, 0.25) is 5.02 Å². The first-order valence-corrected chi connectivity index (χ1v) is 7.41. The number of amides is 1. The van der Waals surface area contributed by atoms with E-state index in [-0.39, 0.29) is 17.8 Å². The summed E-state index contributed by atoms with van der Waals surface area (Å²) in [5.74, 6) is -0.515. The summed E-state index contributed by atoms with van der Waals surface area (Å²) < 4.78 is 12.8. The third-order valence-electron chi connectivity index (χ3n) is 3.35. The topological polar surface area (TPSA) is 41.1 Å². The fourth-order valence-corrected chi connectivity index (χ4v) is 2.31. The normalized spacial score (nSPS) is 13.5. The highest BCUT2D eigenvalue weighted by molar-refractivity contribution is 6.30. The summed E-state index contributed by atoms with van der Waals surface area (Å²) in [6.45, 7) is 3.74. The summed E-state index contributed by atoms with van der Waals surface area (Å²) in [5.41, 5.74) is 1.57. The van der Waals surface area contributed by atoms with Crippen molar-refractivity contribution in [2.75, 3.05) is 5.32 Å². The molecule has 0 aliphatic rings. The summed E-state index contributed by atoms with van der Waals surface area (Å²) in [6, 6.07) is 12.7. The number of rotatable bonds is 5. The standard InChI is InChI=1S/C17H18ClFN2O/c1-11(13-4-3-5-14(18)10-13)20-12(2)17(22)21-16-8-6-15(19)7-9-16/h3-12,20H,1-2H3,(H,21,22)/t11-,12-/m0/s1. The summed E-state index contributed by atoms with van der Waals surface area (Å²) in [5, 5.41) is 6.61. The molecule has 0 saturated heterocycles. The third-order valence-corrected chi connectivity index (χ3v) is 3.59. The van der Waals surface area contributed by atoms with Crippen LogP contribution in [-0.2, 0) is 4.79 Å². The highest BCUT2D eigenvalue weighted by Gasteiger charge is 2.16. The van der Waals surface area contributed by atoms with Gasteiger partial charge in [-0.1, -0.05) is 23.7 Å². The fourth-order valence-electron chi connectivity index (χ4n) is 2.11. The second-order valence-corrected chi connectivity index (χ2v) is 5.60. The molecule has 2 aromatic carbocycles. The number of nitrogens with one attached hydrogen (secondary N) is 2. The number of hydrogen-bond acceptors (Lipinski definition) is 2. The van der Waals surface area contributed by atoms with Crippen molar-refractivity contribution in [2.24, 2.45) is 0 Å². The first-order chi connectivity index (χ1) is 10.5. The zero-order valence-electron chi connectivity index (χ0n) is 12.4. The van der Waals surface area contributed by atoms with Crippen LogP contribution in [0.5, 0.6) is 0 Å². The van der Waals surface area contributed by atoms with Gasteiger partial charge >= 0.3 is 0 Å². The van der Waals surface area contributed by atoms with Gasteiger partial charge in [0.05, 0.1) is 6.04 Å². The van der Waals surface area contributed by atoms with Crippen molar-refractivity contribution in [1.82, 2.24) is 5.32 Å². The average Bonchev–Trinajstić information content (AvgIpc) is 2.49. The number of carbonyl (C=O) groups excluding carboxylic acids is 1. The zero-order valence-corrected chi connectivity index (χ0v) is 13.2. The molecular formula is C17H18ClFN2O. The van der Waals surface area contributed by atoms with E-state index in [0.29, 0.717) is 10.7 Å². The number of benzene rings is 2. The van der Waals surface area contributed by atoms with Crippen LogP contribution in [0.15, 0.2) is 48.5 Å². The van der Waals surface area contributed by atoms with Crippen LogP contribution in [0.25, 0.3) is 0 Å². The highest BCUT2D eigenvalue weighted by Crippen LogP contribution is 2.18. The van der Waals surface area contributed by atoms with Gasteiger partial charge in [0, 0.05) is 16.8 Å². The number of anilines is 1. The van der Waals surface area contributed by atoms with Crippen LogP contribution in [0.3, 0.4) is 0 Å². The van der Waals surface area contributed by atoms with E-state index in [1.54, 1.807) is 6.92 Å². The Hall–Kier alpha value is -1.91. The van der Waals surface area contributed by atoms with Crippen molar-refractivity contribution >= 4 is 23.2 Å². The molecule has 3 nitrogen and oxygen atoms in total. The lowest BCUT2D eigenvalue weighted by atomic mass is 10.1. The molecule has 0 aliphatic carbocycles. The van der Waals surface area contributed by atoms with Crippen molar-refractivity contribution < 1.29 is 9.18 Å². The smallest absolute Gasteiger partial charge is 0.241 e. The Labute approximate surface area is 134 Å². The van der Waals surface area contributed by atoms with E-state index in [1.165, 1.54) is 24.3 Å². The van der Waals surface area contributed by atoms with Gasteiger partial charge in [0.1, 0.15) is 5.82 Å². The van der Waals surface area contributed by atoms with Gasteiger partial charge in [-0.15, -0.1) is 0 Å². The lowest BCUT2D eigenvalue weighted by molar-refractivity contribution is -0.117. The van der Waals surface area contributed by atoms with Crippen LogP contribution in [0, 0.1) is 5.82 Å². The third kappa shape index (κ3) is 4.55. The SMILES string of the molecule is C[C@H](N[C@@H](C)c1cccc(Cl)c1)C(=O)Nc1ccc(F)cc1. The van der Waals surface area contributed by atoms with E-state index >= 15 is 0 Å². The molecule has 0 heterocycles. The molecule has 5 heteroatoms. The Kier molecular flexibility index (Phi) is 5.52. The van der Waals surface area contributed by atoms with Gasteiger partial charge in [0.2, 0.25) is 5.91 Å². The Balaban J connectivity index is 1.94. The number of halogens is 2. The molecule has 0 bridgehead atoms. The Morgan fingerprint density at radius 1 is 1.14 bits per heavy atom. The molecule has 2 atom stereocenters. The quantitative estimate of drug-likeness (QED) is 0.868. The van der Waals surface area contributed by atoms with Gasteiger partial charge in [0.25, 0.3) is 0 Å².